The van der Waals surface area contributed by atoms with Gasteiger partial charge in [-0.15, -0.1) is 0 Å². The number of carboxylic acids is 1. The first-order valence-corrected chi connectivity index (χ1v) is 9.47. The molecule has 1 aliphatic rings. The van der Waals surface area contributed by atoms with Crippen molar-refractivity contribution in [2.24, 2.45) is 5.41 Å². The van der Waals surface area contributed by atoms with Crippen LogP contribution in [0.1, 0.15) is 27.7 Å². The average molecular weight is 416 g/mol. The summed E-state index contributed by atoms with van der Waals surface area (Å²) in [5.41, 5.74) is -2.63. The van der Waals surface area contributed by atoms with E-state index in [1.807, 2.05) is 0 Å². The molecule has 3 rings (SSSR count). The van der Waals surface area contributed by atoms with Gasteiger partial charge in [0, 0.05) is 30.3 Å². The van der Waals surface area contributed by atoms with Gasteiger partial charge in [-0.3, -0.25) is 14.4 Å². The number of nitrogens with one attached hydrogen (secondary N) is 1. The van der Waals surface area contributed by atoms with Crippen LogP contribution in [0, 0.1) is 5.41 Å². The van der Waals surface area contributed by atoms with E-state index in [2.05, 4.69) is 4.98 Å². The van der Waals surface area contributed by atoms with Crippen LogP contribution in [-0.4, -0.2) is 52.8 Å². The summed E-state index contributed by atoms with van der Waals surface area (Å²) in [6.45, 7) is 6.03. The summed E-state index contributed by atoms with van der Waals surface area (Å²) in [6, 6.07) is 8.04. The van der Waals surface area contributed by atoms with Crippen molar-refractivity contribution in [1.29, 1.82) is 0 Å². The molecule has 2 atom stereocenters. The lowest BCUT2D eigenvalue weighted by Gasteiger charge is -2.46. The first-order valence-electron chi connectivity index (χ1n) is 9.47. The number of nitrogens with zero attached hydrogens (tertiary/aromatic N) is 1. The molecule has 1 fully saturated rings. The van der Waals surface area contributed by atoms with Crippen LogP contribution in [0.5, 0.6) is 0 Å². The SMILES string of the molecule is CC(=O)O[C@@](C(=O)O)([C@H]1OCCN(c2cccc3[nH]c(=O)ccc23)C1=O)C(C)(C)C. The van der Waals surface area contributed by atoms with Crippen LogP contribution >= 0.6 is 0 Å². The molecule has 9 nitrogen and oxygen atoms in total. The van der Waals surface area contributed by atoms with E-state index in [1.54, 1.807) is 45.0 Å². The predicted molar refractivity (Wildman–Crippen MR) is 108 cm³/mol. The van der Waals surface area contributed by atoms with E-state index in [0.717, 1.165) is 6.92 Å². The number of benzene rings is 1. The van der Waals surface area contributed by atoms with Crippen LogP contribution < -0.4 is 10.5 Å². The molecule has 1 aromatic carbocycles. The maximum absolute atomic E-state index is 13.5. The van der Waals surface area contributed by atoms with Crippen molar-refractivity contribution in [2.45, 2.75) is 39.4 Å². The lowest BCUT2D eigenvalue weighted by Crippen LogP contribution is -2.68. The molecule has 2 aromatic rings. The number of esters is 1. The Balaban J connectivity index is 2.13. The lowest BCUT2D eigenvalue weighted by molar-refractivity contribution is -0.218. The molecule has 0 bridgehead atoms. The minimum atomic E-state index is -2.23. The van der Waals surface area contributed by atoms with Crippen LogP contribution in [-0.2, 0) is 23.9 Å². The zero-order chi connectivity index (χ0) is 22.3. The predicted octanol–water partition coefficient (Wildman–Crippen LogP) is 1.69. The number of carbonyl (C=O) groups is 3. The van der Waals surface area contributed by atoms with E-state index in [1.165, 1.54) is 11.0 Å². The molecule has 0 saturated carbocycles. The summed E-state index contributed by atoms with van der Waals surface area (Å²) in [7, 11) is 0. The Hall–Kier alpha value is -3.20. The summed E-state index contributed by atoms with van der Waals surface area (Å²) in [4.78, 5) is 53.4. The highest BCUT2D eigenvalue weighted by Crippen LogP contribution is 2.41. The van der Waals surface area contributed by atoms with Gasteiger partial charge in [0.1, 0.15) is 0 Å². The second-order valence-electron chi connectivity index (χ2n) is 8.19. The fourth-order valence-electron chi connectivity index (χ4n) is 3.82. The molecule has 1 saturated heterocycles. The highest BCUT2D eigenvalue weighted by atomic mass is 16.6. The number of H-pyrrole nitrogens is 1. The van der Waals surface area contributed by atoms with Crippen molar-refractivity contribution in [3.8, 4) is 0 Å². The van der Waals surface area contributed by atoms with Gasteiger partial charge in [-0.1, -0.05) is 26.8 Å². The number of aromatic amines is 1. The third-order valence-corrected chi connectivity index (χ3v) is 5.23. The number of anilines is 1. The minimum absolute atomic E-state index is 0.0442. The van der Waals surface area contributed by atoms with Crippen LogP contribution in [0.25, 0.3) is 10.9 Å². The second kappa shape index (κ2) is 7.56. The third kappa shape index (κ3) is 3.45. The summed E-state index contributed by atoms with van der Waals surface area (Å²) >= 11 is 0. The molecule has 2 N–H and O–H groups in total. The number of aliphatic carboxylic acids is 1. The number of morpholine rings is 1. The Morgan fingerprint density at radius 2 is 1.90 bits per heavy atom. The number of pyridine rings is 1. The van der Waals surface area contributed by atoms with Crippen molar-refractivity contribution in [1.82, 2.24) is 4.98 Å². The van der Waals surface area contributed by atoms with Crippen molar-refractivity contribution in [2.75, 3.05) is 18.1 Å². The van der Waals surface area contributed by atoms with Crippen molar-refractivity contribution in [3.05, 3.63) is 40.7 Å². The number of ether oxygens (including phenoxy) is 2. The largest absolute Gasteiger partial charge is 0.478 e. The zero-order valence-electron chi connectivity index (χ0n) is 17.2. The number of rotatable bonds is 4. The zero-order valence-corrected chi connectivity index (χ0v) is 17.2. The van der Waals surface area contributed by atoms with E-state index in [9.17, 15) is 24.3 Å². The maximum atomic E-state index is 13.5. The second-order valence-corrected chi connectivity index (χ2v) is 8.19. The molecule has 1 amide bonds. The summed E-state index contributed by atoms with van der Waals surface area (Å²) < 4.78 is 10.9. The van der Waals surface area contributed by atoms with E-state index >= 15 is 0 Å². The minimum Gasteiger partial charge on any atom is -0.478 e. The first-order chi connectivity index (χ1) is 14.0. The van der Waals surface area contributed by atoms with Crippen molar-refractivity contribution >= 4 is 34.4 Å². The Morgan fingerprint density at radius 3 is 2.50 bits per heavy atom. The topological polar surface area (TPSA) is 126 Å². The third-order valence-electron chi connectivity index (χ3n) is 5.23. The molecule has 30 heavy (non-hydrogen) atoms. The Bertz CT molecular complexity index is 1070. The fraction of sp³-hybridized carbons (Fsp3) is 0.429. The quantitative estimate of drug-likeness (QED) is 0.727. The van der Waals surface area contributed by atoms with E-state index in [-0.39, 0.29) is 18.7 Å². The van der Waals surface area contributed by atoms with Crippen LogP contribution in [0.4, 0.5) is 5.69 Å². The van der Waals surface area contributed by atoms with Gasteiger partial charge in [0.15, 0.2) is 6.10 Å². The van der Waals surface area contributed by atoms with Crippen molar-refractivity contribution in [3.63, 3.8) is 0 Å². The Labute approximate surface area is 172 Å². The average Bonchev–Trinajstić information content (AvgIpc) is 2.64. The van der Waals surface area contributed by atoms with Gasteiger partial charge in [-0.05, 0) is 18.2 Å². The number of carboxylic acid groups (broad SMARTS) is 1. The fourth-order valence-corrected chi connectivity index (χ4v) is 3.82. The molecule has 0 radical (unpaired) electrons. The summed E-state index contributed by atoms with van der Waals surface area (Å²) in [6.07, 6.45) is -1.55. The molecular weight excluding hydrogens is 392 g/mol. The number of hydrogen-bond donors (Lipinski definition) is 2. The Kier molecular flexibility index (Phi) is 5.42. The highest BCUT2D eigenvalue weighted by molar-refractivity contribution is 6.07. The van der Waals surface area contributed by atoms with E-state index < -0.39 is 35.0 Å². The first kappa shape index (κ1) is 21.5. The number of fused-ring (bicyclic) bond motifs is 1. The lowest BCUT2D eigenvalue weighted by atomic mass is 9.71. The molecule has 9 heteroatoms. The van der Waals surface area contributed by atoms with Gasteiger partial charge >= 0.3 is 11.9 Å². The number of aromatic nitrogens is 1. The molecule has 160 valence electrons. The van der Waals surface area contributed by atoms with Crippen LogP contribution in [0.3, 0.4) is 0 Å². The normalized spacial score (nSPS) is 19.4. The highest BCUT2D eigenvalue weighted by Gasteiger charge is 2.63. The maximum Gasteiger partial charge on any atom is 0.352 e. The van der Waals surface area contributed by atoms with Gasteiger partial charge < -0.3 is 24.5 Å². The van der Waals surface area contributed by atoms with Gasteiger partial charge in [0.2, 0.25) is 11.2 Å². The standard InChI is InChI=1S/C21H24N2O7/c1-12(24)30-21(19(27)28,20(2,3)4)17-18(26)23(10-11-29-17)15-7-5-6-14-13(15)8-9-16(25)22-14/h5-9,17H,10-11H2,1-4H3,(H,22,25)(H,27,28)/t17-,21+/m0/s1. The van der Waals surface area contributed by atoms with E-state index in [4.69, 9.17) is 9.47 Å². The van der Waals surface area contributed by atoms with E-state index in [0.29, 0.717) is 16.6 Å². The van der Waals surface area contributed by atoms with Crippen LogP contribution in [0.2, 0.25) is 0 Å². The van der Waals surface area contributed by atoms with Gasteiger partial charge in [-0.2, -0.15) is 0 Å². The molecular formula is C21H24N2O7. The smallest absolute Gasteiger partial charge is 0.352 e. The monoisotopic (exact) mass is 416 g/mol. The number of carbonyl (C=O) groups excluding carboxylic acids is 2. The number of amides is 1. The molecule has 1 aliphatic heterocycles. The van der Waals surface area contributed by atoms with Gasteiger partial charge in [-0.25, -0.2) is 4.79 Å². The Morgan fingerprint density at radius 1 is 1.20 bits per heavy atom. The number of hydrogen-bond acceptors (Lipinski definition) is 6. The molecule has 0 aliphatic carbocycles. The van der Waals surface area contributed by atoms with Gasteiger partial charge in [0.25, 0.3) is 5.91 Å². The van der Waals surface area contributed by atoms with Gasteiger partial charge in [0.05, 0.1) is 17.8 Å². The van der Waals surface area contributed by atoms with Crippen molar-refractivity contribution < 1.29 is 29.0 Å². The molecule has 0 unspecified atom stereocenters. The van der Waals surface area contributed by atoms with Crippen LogP contribution in [0.15, 0.2) is 35.1 Å². The summed E-state index contributed by atoms with van der Waals surface area (Å²) in [5, 5.41) is 10.7. The molecule has 2 heterocycles. The molecule has 1 aromatic heterocycles. The summed E-state index contributed by atoms with van der Waals surface area (Å²) in [5.74, 6) is -2.94. The molecule has 0 spiro atoms.